The molecule has 0 aromatic carbocycles. The standard InChI is InChI=1S/C5H14NO.2C4H10O2.ClH/c1-6(2,3)4-5-7;2*1-3(5)4(2)6;/h7H,4-5H2,1-3H3;2*3-6H,1-2H3;1H/q+1;;;/p-1. The van der Waals surface area contributed by atoms with Crippen LogP contribution in [-0.4, -0.2) is 88.7 Å². The number of nitrogens with zero attached hydrogens (tertiary/aromatic N) is 1. The molecule has 0 rings (SSSR count). The minimum Gasteiger partial charge on any atom is -1.00 e. The number of halogens is 1. The van der Waals surface area contributed by atoms with Gasteiger partial charge in [0.1, 0.15) is 6.54 Å². The molecule has 7 heteroatoms. The van der Waals surface area contributed by atoms with Crippen molar-refractivity contribution < 1.29 is 42.4 Å². The van der Waals surface area contributed by atoms with Crippen molar-refractivity contribution >= 4 is 0 Å². The first-order valence-corrected chi connectivity index (χ1v) is 6.48. The van der Waals surface area contributed by atoms with E-state index < -0.39 is 24.4 Å². The van der Waals surface area contributed by atoms with Crippen molar-refractivity contribution in [2.24, 2.45) is 0 Å². The highest BCUT2D eigenvalue weighted by Gasteiger charge is 2.02. The Morgan fingerprint density at radius 3 is 0.900 bits per heavy atom. The van der Waals surface area contributed by atoms with Gasteiger partial charge in [0.05, 0.1) is 52.2 Å². The van der Waals surface area contributed by atoms with Gasteiger partial charge in [-0.1, -0.05) is 0 Å². The van der Waals surface area contributed by atoms with Crippen molar-refractivity contribution in [2.75, 3.05) is 34.3 Å². The Bertz CT molecular complexity index is 158. The number of aliphatic hydroxyl groups excluding tert-OH is 5. The summed E-state index contributed by atoms with van der Waals surface area (Å²) in [6, 6.07) is 0. The van der Waals surface area contributed by atoms with Crippen molar-refractivity contribution in [3.05, 3.63) is 0 Å². The molecule has 0 heterocycles. The molecule has 0 aromatic rings. The van der Waals surface area contributed by atoms with E-state index in [0.717, 1.165) is 11.0 Å². The molecular formula is C13H34ClNO5. The molecule has 0 aromatic heterocycles. The fourth-order valence-electron chi connectivity index (χ4n) is 0.300. The Hall–Kier alpha value is 0.0500. The van der Waals surface area contributed by atoms with Gasteiger partial charge in [-0.3, -0.25) is 0 Å². The van der Waals surface area contributed by atoms with E-state index in [9.17, 15) is 0 Å². The zero-order valence-corrected chi connectivity index (χ0v) is 14.5. The van der Waals surface area contributed by atoms with E-state index >= 15 is 0 Å². The molecule has 0 amide bonds. The van der Waals surface area contributed by atoms with E-state index in [1.165, 1.54) is 0 Å². The number of hydrogen-bond donors (Lipinski definition) is 5. The van der Waals surface area contributed by atoms with Gasteiger partial charge in [0.15, 0.2) is 0 Å². The van der Waals surface area contributed by atoms with Gasteiger partial charge in [-0.05, 0) is 27.7 Å². The molecular weight excluding hydrogens is 286 g/mol. The summed E-state index contributed by atoms with van der Waals surface area (Å²) in [6.07, 6.45) is -2.37. The van der Waals surface area contributed by atoms with Gasteiger partial charge in [-0.2, -0.15) is 0 Å². The van der Waals surface area contributed by atoms with Crippen molar-refractivity contribution in [2.45, 2.75) is 52.1 Å². The second kappa shape index (κ2) is 15.4. The van der Waals surface area contributed by atoms with Gasteiger partial charge in [0, 0.05) is 0 Å². The molecule has 5 N–H and O–H groups in total. The van der Waals surface area contributed by atoms with E-state index in [0.29, 0.717) is 0 Å². The molecule has 0 aliphatic heterocycles. The summed E-state index contributed by atoms with van der Waals surface area (Å²) < 4.78 is 0.844. The maximum atomic E-state index is 8.39. The highest BCUT2D eigenvalue weighted by molar-refractivity contribution is 4.51. The molecule has 0 saturated heterocycles. The highest BCUT2D eigenvalue weighted by atomic mass is 35.5. The zero-order valence-electron chi connectivity index (χ0n) is 13.8. The topological polar surface area (TPSA) is 101 Å². The van der Waals surface area contributed by atoms with Crippen LogP contribution in [-0.2, 0) is 0 Å². The molecule has 0 bridgehead atoms. The smallest absolute Gasteiger partial charge is 0.101 e. The Labute approximate surface area is 129 Å². The molecule has 0 fully saturated rings. The Morgan fingerprint density at radius 2 is 0.900 bits per heavy atom. The van der Waals surface area contributed by atoms with Crippen LogP contribution >= 0.6 is 0 Å². The maximum absolute atomic E-state index is 8.39. The van der Waals surface area contributed by atoms with Crippen LogP contribution in [0.3, 0.4) is 0 Å². The van der Waals surface area contributed by atoms with Crippen LogP contribution in [0, 0.1) is 0 Å². The van der Waals surface area contributed by atoms with E-state index in [4.69, 9.17) is 25.5 Å². The highest BCUT2D eigenvalue weighted by Crippen LogP contribution is 1.86. The van der Waals surface area contributed by atoms with E-state index in [1.54, 1.807) is 27.7 Å². The molecule has 4 unspecified atom stereocenters. The first kappa shape index (κ1) is 28.2. The third-order valence-corrected chi connectivity index (χ3v) is 2.17. The Balaban J connectivity index is -0.0000000941. The minimum absolute atomic E-state index is 0. The van der Waals surface area contributed by atoms with Crippen LogP contribution in [0.15, 0.2) is 0 Å². The first-order chi connectivity index (χ1) is 8.35. The summed E-state index contributed by atoms with van der Waals surface area (Å²) in [5.74, 6) is 0. The van der Waals surface area contributed by atoms with Crippen LogP contribution in [0.5, 0.6) is 0 Å². The monoisotopic (exact) mass is 319 g/mol. The summed E-state index contributed by atoms with van der Waals surface area (Å²) in [7, 11) is 6.16. The zero-order chi connectivity index (χ0) is 16.2. The Morgan fingerprint density at radius 1 is 0.700 bits per heavy atom. The lowest BCUT2D eigenvalue weighted by Gasteiger charge is -2.21. The summed E-state index contributed by atoms with van der Waals surface area (Å²) in [5, 5.41) is 41.9. The number of hydrogen-bond acceptors (Lipinski definition) is 5. The fraction of sp³-hybridized carbons (Fsp3) is 1.00. The number of rotatable bonds is 4. The lowest BCUT2D eigenvalue weighted by molar-refractivity contribution is -0.870. The lowest BCUT2D eigenvalue weighted by Crippen LogP contribution is -3.00. The average Bonchev–Trinajstić information content (AvgIpc) is 2.16. The predicted octanol–water partition coefficient (Wildman–Crippen LogP) is -3.82. The third kappa shape index (κ3) is 36.1. The van der Waals surface area contributed by atoms with Crippen molar-refractivity contribution in [1.82, 2.24) is 0 Å². The van der Waals surface area contributed by atoms with Crippen LogP contribution < -0.4 is 12.4 Å². The van der Waals surface area contributed by atoms with Crippen LogP contribution in [0.25, 0.3) is 0 Å². The molecule has 0 aliphatic rings. The Kier molecular flexibility index (Phi) is 21.8. The summed E-state index contributed by atoms with van der Waals surface area (Å²) in [5.41, 5.74) is 0. The lowest BCUT2D eigenvalue weighted by atomic mass is 10.3. The van der Waals surface area contributed by atoms with E-state index in [2.05, 4.69) is 21.1 Å². The predicted molar refractivity (Wildman–Crippen MR) is 76.7 cm³/mol. The molecule has 0 aliphatic carbocycles. The third-order valence-electron chi connectivity index (χ3n) is 2.17. The first-order valence-electron chi connectivity index (χ1n) is 6.48. The minimum atomic E-state index is -0.593. The van der Waals surface area contributed by atoms with Crippen molar-refractivity contribution in [3.63, 3.8) is 0 Å². The summed E-state index contributed by atoms with van der Waals surface area (Å²) >= 11 is 0. The maximum Gasteiger partial charge on any atom is 0.101 e. The van der Waals surface area contributed by atoms with Crippen molar-refractivity contribution in [1.29, 1.82) is 0 Å². The van der Waals surface area contributed by atoms with Gasteiger partial charge in [0.2, 0.25) is 0 Å². The molecule has 20 heavy (non-hydrogen) atoms. The second-order valence-electron chi connectivity index (χ2n) is 5.70. The summed E-state index contributed by atoms with van der Waals surface area (Å²) in [6.45, 7) is 7.30. The molecule has 0 spiro atoms. The van der Waals surface area contributed by atoms with Gasteiger partial charge in [-0.15, -0.1) is 0 Å². The number of likely N-dealkylation sites (N-methyl/N-ethyl adjacent to an activating group) is 1. The molecule has 0 radical (unpaired) electrons. The van der Waals surface area contributed by atoms with Crippen LogP contribution in [0.1, 0.15) is 27.7 Å². The van der Waals surface area contributed by atoms with Gasteiger partial charge in [-0.25, -0.2) is 0 Å². The number of quaternary nitrogens is 1. The van der Waals surface area contributed by atoms with E-state index in [1.807, 2.05) is 0 Å². The molecule has 4 atom stereocenters. The quantitative estimate of drug-likeness (QED) is 0.342. The molecule has 6 nitrogen and oxygen atoms in total. The van der Waals surface area contributed by atoms with Gasteiger partial charge < -0.3 is 42.4 Å². The largest absolute Gasteiger partial charge is 1.00 e. The summed E-state index contributed by atoms with van der Waals surface area (Å²) in [4.78, 5) is 0. The van der Waals surface area contributed by atoms with Gasteiger partial charge in [0.25, 0.3) is 0 Å². The fourth-order valence-corrected chi connectivity index (χ4v) is 0.300. The SMILES string of the molecule is CC(O)C(C)O.CC(O)C(C)O.C[N+](C)(C)CCO.[Cl-]. The normalized spacial score (nSPS) is 16.2. The van der Waals surface area contributed by atoms with E-state index in [-0.39, 0.29) is 19.0 Å². The number of aliphatic hydroxyl groups is 5. The van der Waals surface area contributed by atoms with Crippen LogP contribution in [0.4, 0.5) is 0 Å². The second-order valence-corrected chi connectivity index (χ2v) is 5.70. The molecule has 0 saturated carbocycles. The average molecular weight is 320 g/mol. The van der Waals surface area contributed by atoms with Gasteiger partial charge >= 0.3 is 0 Å². The van der Waals surface area contributed by atoms with Crippen LogP contribution in [0.2, 0.25) is 0 Å². The van der Waals surface area contributed by atoms with Crippen molar-refractivity contribution in [3.8, 4) is 0 Å². The molecule has 128 valence electrons.